The molecule has 1 heterocycles. The summed E-state index contributed by atoms with van der Waals surface area (Å²) in [6, 6.07) is 15.8. The molecule has 2 aromatic carbocycles. The Balaban J connectivity index is 2.38. The highest BCUT2D eigenvalue weighted by Gasteiger charge is 2.31. The molecule has 0 aliphatic carbocycles. The van der Waals surface area contributed by atoms with Crippen LogP contribution in [0.5, 0.6) is 0 Å². The van der Waals surface area contributed by atoms with E-state index in [9.17, 15) is 9.90 Å². The molecule has 0 fully saturated rings. The highest BCUT2D eigenvalue weighted by molar-refractivity contribution is 5.81. The molecular weight excluding hydrogens is 324 g/mol. The second-order valence-electron chi connectivity index (χ2n) is 6.55. The first-order chi connectivity index (χ1) is 12.5. The van der Waals surface area contributed by atoms with Crippen molar-refractivity contribution in [1.29, 1.82) is 0 Å². The molecule has 0 radical (unpaired) electrons. The van der Waals surface area contributed by atoms with Crippen LogP contribution < -0.4 is 9.67 Å². The van der Waals surface area contributed by atoms with Crippen molar-refractivity contribution in [2.45, 2.75) is 40.5 Å². The minimum Gasteiger partial charge on any atom is -0.538 e. The summed E-state index contributed by atoms with van der Waals surface area (Å²) < 4.78 is 3.65. The fourth-order valence-corrected chi connectivity index (χ4v) is 3.46. The van der Waals surface area contributed by atoms with Gasteiger partial charge in [0.1, 0.15) is 11.4 Å². The number of carboxylic acid groups (broad SMARTS) is 1. The maximum Gasteiger partial charge on any atom is 0.315 e. The minimum absolute atomic E-state index is 0.159. The van der Waals surface area contributed by atoms with Crippen molar-refractivity contribution in [3.8, 4) is 11.4 Å². The van der Waals surface area contributed by atoms with Gasteiger partial charge >= 0.3 is 5.82 Å². The molecule has 1 aromatic heterocycles. The third-order valence-corrected chi connectivity index (χ3v) is 4.73. The van der Waals surface area contributed by atoms with E-state index < -0.39 is 5.97 Å². The summed E-state index contributed by atoms with van der Waals surface area (Å²) >= 11 is 0. The molecule has 0 N–H and O–H groups in total. The Morgan fingerprint density at radius 1 is 0.923 bits per heavy atom. The number of hydrogen-bond donors (Lipinski definition) is 0. The molecule has 0 unspecified atom stereocenters. The molecule has 3 rings (SSSR count). The van der Waals surface area contributed by atoms with Gasteiger partial charge in [-0.1, -0.05) is 49.2 Å². The Kier molecular flexibility index (Phi) is 4.94. The fraction of sp³-hybridized carbons (Fsp3) is 0.273. The maximum absolute atomic E-state index is 12.2. The van der Waals surface area contributed by atoms with Gasteiger partial charge in [-0.05, 0) is 38.1 Å². The Morgan fingerprint density at radius 3 is 1.92 bits per heavy atom. The molecule has 134 valence electrons. The summed E-state index contributed by atoms with van der Waals surface area (Å²) in [5.41, 5.74) is 5.94. The first-order valence-electron chi connectivity index (χ1n) is 9.01. The SMILES string of the molecule is CCc1c(CC)[n+](-c2ccc(C)cc2)c(C(=O)[O-])n1-c1ccc(C)cc1. The zero-order valence-corrected chi connectivity index (χ0v) is 15.7. The summed E-state index contributed by atoms with van der Waals surface area (Å²) in [5, 5.41) is 12.2. The number of benzene rings is 2. The smallest absolute Gasteiger partial charge is 0.315 e. The van der Waals surface area contributed by atoms with Crippen molar-refractivity contribution >= 4 is 5.97 Å². The van der Waals surface area contributed by atoms with E-state index in [2.05, 4.69) is 13.8 Å². The van der Waals surface area contributed by atoms with Crippen LogP contribution in [0.25, 0.3) is 11.4 Å². The number of carbonyl (C=O) groups excluding carboxylic acids is 1. The summed E-state index contributed by atoms with van der Waals surface area (Å²) in [6.07, 6.45) is 1.46. The van der Waals surface area contributed by atoms with Crippen LogP contribution in [0.3, 0.4) is 0 Å². The topological polar surface area (TPSA) is 48.9 Å². The number of aryl methyl sites for hydroxylation is 2. The number of carbonyl (C=O) groups is 1. The second kappa shape index (κ2) is 7.16. The Hall–Kier alpha value is -2.88. The van der Waals surface area contributed by atoms with Crippen LogP contribution >= 0.6 is 0 Å². The molecule has 0 amide bonds. The molecule has 0 spiro atoms. The standard InChI is InChI=1S/C22H24N2O2/c1-5-19-20(6-2)24(18-13-9-16(4)10-14-18)21(22(25)26)23(19)17-11-7-15(3)8-12-17/h7-14H,5-6H2,1-4H3. The van der Waals surface area contributed by atoms with Crippen molar-refractivity contribution in [2.75, 3.05) is 0 Å². The molecule has 0 bridgehead atoms. The third kappa shape index (κ3) is 3.03. The molecule has 3 aromatic rings. The van der Waals surface area contributed by atoms with Gasteiger partial charge in [-0.3, -0.25) is 0 Å². The van der Waals surface area contributed by atoms with E-state index in [0.29, 0.717) is 0 Å². The van der Waals surface area contributed by atoms with E-state index in [0.717, 1.165) is 46.7 Å². The Morgan fingerprint density at radius 2 is 1.46 bits per heavy atom. The second-order valence-corrected chi connectivity index (χ2v) is 6.55. The van der Waals surface area contributed by atoms with Gasteiger partial charge in [0.05, 0.1) is 0 Å². The number of rotatable bonds is 5. The largest absolute Gasteiger partial charge is 0.538 e. The number of imidazole rings is 1. The lowest BCUT2D eigenvalue weighted by Crippen LogP contribution is -2.44. The number of carboxylic acids is 1. The molecule has 0 atom stereocenters. The number of aromatic nitrogens is 2. The first-order valence-corrected chi connectivity index (χ1v) is 9.01. The summed E-state index contributed by atoms with van der Waals surface area (Å²) in [4.78, 5) is 12.2. The van der Waals surface area contributed by atoms with Crippen LogP contribution in [0.2, 0.25) is 0 Å². The normalized spacial score (nSPS) is 10.9. The van der Waals surface area contributed by atoms with E-state index in [1.807, 2.05) is 71.5 Å². The van der Waals surface area contributed by atoms with Crippen LogP contribution in [0.15, 0.2) is 48.5 Å². The molecule has 26 heavy (non-hydrogen) atoms. The first kappa shape index (κ1) is 17.9. The average Bonchev–Trinajstić information content (AvgIpc) is 2.97. The van der Waals surface area contributed by atoms with Crippen molar-refractivity contribution in [3.05, 3.63) is 76.9 Å². The zero-order chi connectivity index (χ0) is 18.8. The van der Waals surface area contributed by atoms with Crippen LogP contribution in [0, 0.1) is 13.8 Å². The van der Waals surface area contributed by atoms with Gasteiger partial charge in [-0.15, -0.1) is 0 Å². The van der Waals surface area contributed by atoms with Gasteiger partial charge in [0.2, 0.25) is 0 Å². The summed E-state index contributed by atoms with van der Waals surface area (Å²) in [5.74, 6) is -1.02. The lowest BCUT2D eigenvalue weighted by Gasteiger charge is -2.07. The number of aromatic carboxylic acids is 1. The number of nitrogens with zero attached hydrogens (tertiary/aromatic N) is 2. The maximum atomic E-state index is 12.2. The highest BCUT2D eigenvalue weighted by atomic mass is 16.4. The van der Waals surface area contributed by atoms with Gasteiger partial charge in [-0.25, -0.2) is 0 Å². The predicted molar refractivity (Wildman–Crippen MR) is 99.9 cm³/mol. The third-order valence-electron chi connectivity index (χ3n) is 4.73. The average molecular weight is 348 g/mol. The van der Waals surface area contributed by atoms with Gasteiger partial charge in [0, 0.05) is 12.8 Å². The monoisotopic (exact) mass is 348 g/mol. The molecule has 0 aliphatic rings. The Labute approximate surface area is 154 Å². The van der Waals surface area contributed by atoms with E-state index in [4.69, 9.17) is 0 Å². The molecule has 4 nitrogen and oxygen atoms in total. The van der Waals surface area contributed by atoms with Gasteiger partial charge < -0.3 is 9.90 Å². The van der Waals surface area contributed by atoms with E-state index in [1.165, 1.54) is 0 Å². The van der Waals surface area contributed by atoms with Gasteiger partial charge in [0.25, 0.3) is 0 Å². The van der Waals surface area contributed by atoms with Crippen molar-refractivity contribution in [1.82, 2.24) is 4.57 Å². The molecule has 0 aliphatic heterocycles. The number of hydrogen-bond acceptors (Lipinski definition) is 2. The van der Waals surface area contributed by atoms with E-state index >= 15 is 0 Å². The zero-order valence-electron chi connectivity index (χ0n) is 15.7. The van der Waals surface area contributed by atoms with Gasteiger partial charge in [0.15, 0.2) is 17.4 Å². The van der Waals surface area contributed by atoms with E-state index in [1.54, 1.807) is 0 Å². The lowest BCUT2D eigenvalue weighted by atomic mass is 10.1. The van der Waals surface area contributed by atoms with Crippen molar-refractivity contribution in [3.63, 3.8) is 0 Å². The molecule has 0 saturated heterocycles. The van der Waals surface area contributed by atoms with Crippen LogP contribution in [0.1, 0.15) is 47.0 Å². The highest BCUT2D eigenvalue weighted by Crippen LogP contribution is 2.21. The summed E-state index contributed by atoms with van der Waals surface area (Å²) in [6.45, 7) is 8.14. The van der Waals surface area contributed by atoms with Crippen LogP contribution in [-0.2, 0) is 12.8 Å². The molecule has 0 saturated carbocycles. The van der Waals surface area contributed by atoms with Crippen LogP contribution in [0.4, 0.5) is 0 Å². The van der Waals surface area contributed by atoms with Crippen molar-refractivity contribution in [2.24, 2.45) is 0 Å². The predicted octanol–water partition coefficient (Wildman–Crippen LogP) is 2.86. The lowest BCUT2D eigenvalue weighted by molar-refractivity contribution is -0.609. The molecule has 4 heteroatoms. The summed E-state index contributed by atoms with van der Waals surface area (Å²) in [7, 11) is 0. The van der Waals surface area contributed by atoms with Crippen LogP contribution in [-0.4, -0.2) is 10.5 Å². The van der Waals surface area contributed by atoms with E-state index in [-0.39, 0.29) is 5.82 Å². The van der Waals surface area contributed by atoms with Gasteiger partial charge in [-0.2, -0.15) is 9.13 Å². The minimum atomic E-state index is -1.18. The molecular formula is C22H24N2O2. The quantitative estimate of drug-likeness (QED) is 0.666. The van der Waals surface area contributed by atoms with Crippen molar-refractivity contribution < 1.29 is 14.5 Å². The Bertz CT molecular complexity index is 865. The fourth-order valence-electron chi connectivity index (χ4n) is 3.46.